The van der Waals surface area contributed by atoms with Gasteiger partial charge in [0.2, 0.25) is 0 Å². The number of nitro groups is 1. The van der Waals surface area contributed by atoms with Crippen LogP contribution in [0.5, 0.6) is 0 Å². The lowest BCUT2D eigenvalue weighted by molar-refractivity contribution is -0.620. The molecule has 0 amide bonds. The molecule has 1 aliphatic heterocycles. The van der Waals surface area contributed by atoms with Crippen LogP contribution in [0.4, 0.5) is 0 Å². The molecule has 2 fully saturated rings. The van der Waals surface area contributed by atoms with E-state index >= 15 is 0 Å². The second-order valence-corrected chi connectivity index (χ2v) is 6.68. The van der Waals surface area contributed by atoms with Gasteiger partial charge in [0.1, 0.15) is 6.61 Å². The third kappa shape index (κ3) is 2.08. The molecule has 2 aliphatic rings. The van der Waals surface area contributed by atoms with Gasteiger partial charge in [-0.05, 0) is 11.1 Å². The number of benzene rings is 2. The minimum atomic E-state index is -1.17. The summed E-state index contributed by atoms with van der Waals surface area (Å²) < 4.78 is 5.33. The Morgan fingerprint density at radius 2 is 1.62 bits per heavy atom. The van der Waals surface area contributed by atoms with E-state index < -0.39 is 11.8 Å². The van der Waals surface area contributed by atoms with Gasteiger partial charge in [-0.15, -0.1) is 0 Å². The SMILES string of the molecule is O=[N+]([O-])[C@]12COC(O)C[C@H]1[C@H](c1ccccc1)[C@H]2c1ccccc1. The van der Waals surface area contributed by atoms with Gasteiger partial charge in [-0.2, -0.15) is 0 Å². The van der Waals surface area contributed by atoms with E-state index in [1.54, 1.807) is 0 Å². The highest BCUT2D eigenvalue weighted by molar-refractivity contribution is 5.40. The fourth-order valence-corrected chi connectivity index (χ4v) is 4.59. The average molecular weight is 325 g/mol. The molecule has 1 N–H and O–H groups in total. The van der Waals surface area contributed by atoms with Crippen LogP contribution in [0, 0.1) is 16.0 Å². The average Bonchev–Trinajstić information content (AvgIpc) is 2.59. The molecule has 0 radical (unpaired) electrons. The van der Waals surface area contributed by atoms with Crippen molar-refractivity contribution in [1.29, 1.82) is 0 Å². The van der Waals surface area contributed by atoms with Gasteiger partial charge in [0.25, 0.3) is 5.54 Å². The van der Waals surface area contributed by atoms with Crippen molar-refractivity contribution in [2.75, 3.05) is 6.61 Å². The van der Waals surface area contributed by atoms with E-state index in [1.807, 2.05) is 60.7 Å². The zero-order valence-corrected chi connectivity index (χ0v) is 13.1. The maximum Gasteiger partial charge on any atom is 0.256 e. The van der Waals surface area contributed by atoms with Crippen LogP contribution in [-0.2, 0) is 4.74 Å². The molecule has 5 heteroatoms. The van der Waals surface area contributed by atoms with Gasteiger partial charge >= 0.3 is 0 Å². The van der Waals surface area contributed by atoms with Crippen molar-refractivity contribution in [3.05, 3.63) is 81.9 Å². The van der Waals surface area contributed by atoms with Crippen molar-refractivity contribution >= 4 is 0 Å². The van der Waals surface area contributed by atoms with Crippen molar-refractivity contribution in [3.63, 3.8) is 0 Å². The van der Waals surface area contributed by atoms with Gasteiger partial charge in [-0.25, -0.2) is 0 Å². The lowest BCUT2D eigenvalue weighted by atomic mass is 9.46. The van der Waals surface area contributed by atoms with Gasteiger partial charge in [0.05, 0.1) is 5.92 Å². The Labute approximate surface area is 140 Å². The minimum absolute atomic E-state index is 0.0116. The molecule has 1 unspecified atom stereocenters. The Morgan fingerprint density at radius 3 is 2.21 bits per heavy atom. The smallest absolute Gasteiger partial charge is 0.256 e. The fraction of sp³-hybridized carbons (Fsp3) is 0.368. The summed E-state index contributed by atoms with van der Waals surface area (Å²) in [5, 5.41) is 22.0. The molecule has 124 valence electrons. The van der Waals surface area contributed by atoms with Crippen LogP contribution in [0.15, 0.2) is 60.7 Å². The number of fused-ring (bicyclic) bond motifs is 1. The molecular weight excluding hydrogens is 306 g/mol. The van der Waals surface area contributed by atoms with Crippen LogP contribution >= 0.6 is 0 Å². The third-order valence-electron chi connectivity index (χ3n) is 5.62. The molecule has 24 heavy (non-hydrogen) atoms. The van der Waals surface area contributed by atoms with Crippen LogP contribution < -0.4 is 0 Å². The molecule has 1 heterocycles. The zero-order valence-electron chi connectivity index (χ0n) is 13.1. The van der Waals surface area contributed by atoms with Crippen molar-refractivity contribution in [3.8, 4) is 0 Å². The fourth-order valence-electron chi connectivity index (χ4n) is 4.59. The number of rotatable bonds is 3. The van der Waals surface area contributed by atoms with Crippen molar-refractivity contribution in [2.45, 2.75) is 30.1 Å². The van der Waals surface area contributed by atoms with Gasteiger partial charge in [0, 0.05) is 23.2 Å². The van der Waals surface area contributed by atoms with E-state index in [9.17, 15) is 15.2 Å². The van der Waals surface area contributed by atoms with Crippen molar-refractivity contribution < 1.29 is 14.8 Å². The van der Waals surface area contributed by atoms with E-state index in [2.05, 4.69) is 0 Å². The first kappa shape index (κ1) is 15.3. The van der Waals surface area contributed by atoms with E-state index in [1.165, 1.54) is 0 Å². The van der Waals surface area contributed by atoms with Crippen molar-refractivity contribution in [2.24, 2.45) is 5.92 Å². The molecule has 0 bridgehead atoms. The quantitative estimate of drug-likeness (QED) is 0.695. The lowest BCUT2D eigenvalue weighted by Gasteiger charge is -2.57. The normalized spacial score (nSPS) is 34.9. The monoisotopic (exact) mass is 325 g/mol. The number of hydrogen-bond acceptors (Lipinski definition) is 4. The van der Waals surface area contributed by atoms with E-state index in [-0.39, 0.29) is 29.3 Å². The lowest BCUT2D eigenvalue weighted by Crippen LogP contribution is -2.69. The summed E-state index contributed by atoms with van der Waals surface area (Å²) in [6.45, 7) is -0.0469. The van der Waals surface area contributed by atoms with Crippen LogP contribution in [-0.4, -0.2) is 28.5 Å². The Hall–Kier alpha value is -2.24. The summed E-state index contributed by atoms with van der Waals surface area (Å²) in [5.41, 5.74) is 0.878. The largest absolute Gasteiger partial charge is 0.368 e. The van der Waals surface area contributed by atoms with Crippen LogP contribution in [0.2, 0.25) is 0 Å². The van der Waals surface area contributed by atoms with E-state index in [0.29, 0.717) is 6.42 Å². The molecular formula is C19H19NO4. The minimum Gasteiger partial charge on any atom is -0.368 e. The predicted octanol–water partition coefficient (Wildman–Crippen LogP) is 2.94. The molecule has 1 saturated heterocycles. The molecule has 0 aromatic heterocycles. The number of aliphatic hydroxyl groups is 1. The first-order valence-electron chi connectivity index (χ1n) is 8.18. The van der Waals surface area contributed by atoms with Crippen LogP contribution in [0.25, 0.3) is 0 Å². The zero-order chi connectivity index (χ0) is 16.7. The number of hydrogen-bond donors (Lipinski definition) is 1. The predicted molar refractivity (Wildman–Crippen MR) is 88.2 cm³/mol. The Bertz CT molecular complexity index is 736. The van der Waals surface area contributed by atoms with Gasteiger partial charge < -0.3 is 9.84 Å². The van der Waals surface area contributed by atoms with Crippen molar-refractivity contribution in [1.82, 2.24) is 0 Å². The summed E-state index contributed by atoms with van der Waals surface area (Å²) in [6.07, 6.45) is -0.629. The molecule has 5 atom stereocenters. The summed E-state index contributed by atoms with van der Waals surface area (Å²) in [5.74, 6) is -0.477. The second-order valence-electron chi connectivity index (χ2n) is 6.68. The second kappa shape index (κ2) is 5.69. The number of aliphatic hydroxyl groups excluding tert-OH is 1. The number of ether oxygens (including phenoxy) is 1. The molecule has 1 aliphatic carbocycles. The van der Waals surface area contributed by atoms with Crippen LogP contribution in [0.3, 0.4) is 0 Å². The third-order valence-corrected chi connectivity index (χ3v) is 5.62. The van der Waals surface area contributed by atoms with E-state index in [0.717, 1.165) is 11.1 Å². The maximum absolute atomic E-state index is 12.0. The Kier molecular flexibility index (Phi) is 3.62. The summed E-state index contributed by atoms with van der Waals surface area (Å²) >= 11 is 0. The Balaban J connectivity index is 1.83. The highest BCUT2D eigenvalue weighted by Crippen LogP contribution is 2.64. The highest BCUT2D eigenvalue weighted by atomic mass is 16.6. The summed E-state index contributed by atoms with van der Waals surface area (Å²) in [7, 11) is 0. The van der Waals surface area contributed by atoms with Gasteiger partial charge in [0.15, 0.2) is 6.29 Å². The van der Waals surface area contributed by atoms with Gasteiger partial charge in [-0.1, -0.05) is 60.7 Å². The van der Waals surface area contributed by atoms with E-state index in [4.69, 9.17) is 4.74 Å². The number of nitrogens with zero attached hydrogens (tertiary/aromatic N) is 1. The maximum atomic E-state index is 12.0. The summed E-state index contributed by atoms with van der Waals surface area (Å²) in [4.78, 5) is 11.9. The summed E-state index contributed by atoms with van der Waals surface area (Å²) in [6, 6.07) is 19.5. The Morgan fingerprint density at radius 1 is 1.04 bits per heavy atom. The van der Waals surface area contributed by atoms with Crippen LogP contribution in [0.1, 0.15) is 29.4 Å². The molecule has 0 spiro atoms. The first-order chi connectivity index (χ1) is 11.6. The molecule has 5 nitrogen and oxygen atoms in total. The molecule has 4 rings (SSSR count). The van der Waals surface area contributed by atoms with Gasteiger partial charge in [-0.3, -0.25) is 10.1 Å². The molecule has 2 aromatic rings. The highest BCUT2D eigenvalue weighted by Gasteiger charge is 2.73. The molecule has 2 aromatic carbocycles. The molecule has 1 saturated carbocycles. The standard InChI is InChI=1S/C19H19NO4/c21-16-11-15-17(13-7-3-1-4-8-13)18(14-9-5-2-6-10-14)19(15,12-24-16)20(22)23/h1-10,15-18,21H,11-12H2/t15-,16?,17-,18+,19+/m0/s1. The first-order valence-corrected chi connectivity index (χ1v) is 8.18. The topological polar surface area (TPSA) is 72.6 Å².